The smallest absolute Gasteiger partial charge is 0.131 e. The van der Waals surface area contributed by atoms with E-state index in [1.807, 2.05) is 5.38 Å². The van der Waals surface area contributed by atoms with Gasteiger partial charge in [0, 0.05) is 16.9 Å². The number of rotatable bonds is 5. The molecule has 1 aromatic heterocycles. The van der Waals surface area contributed by atoms with Crippen LogP contribution in [0.25, 0.3) is 0 Å². The summed E-state index contributed by atoms with van der Waals surface area (Å²) in [5, 5.41) is 12.2. The fraction of sp³-hybridized carbons (Fsp3) is 0.357. The maximum Gasteiger partial charge on any atom is 0.131 e. The second-order valence-electron chi connectivity index (χ2n) is 4.53. The lowest BCUT2D eigenvalue weighted by atomic mass is 10.2. The van der Waals surface area contributed by atoms with Crippen molar-refractivity contribution in [1.29, 1.82) is 0 Å². The number of ether oxygens (including phenoxy) is 1. The highest BCUT2D eigenvalue weighted by atomic mass is 32.1. The number of aliphatic hydroxyl groups is 1. The Morgan fingerprint density at radius 1 is 1.42 bits per heavy atom. The molecule has 3 nitrogen and oxygen atoms in total. The molecule has 0 unspecified atom stereocenters. The Labute approximate surface area is 115 Å². The highest BCUT2D eigenvalue weighted by molar-refractivity contribution is 7.09. The molecule has 1 heterocycles. The lowest BCUT2D eigenvalue weighted by Crippen LogP contribution is -2.00. The van der Waals surface area contributed by atoms with Crippen LogP contribution in [0.1, 0.15) is 36.0 Å². The quantitative estimate of drug-likeness (QED) is 0.912. The Balaban J connectivity index is 2.05. The van der Waals surface area contributed by atoms with E-state index < -0.39 is 0 Å². The van der Waals surface area contributed by atoms with Crippen LogP contribution in [-0.2, 0) is 13.2 Å². The number of halogens is 1. The van der Waals surface area contributed by atoms with Gasteiger partial charge in [-0.25, -0.2) is 9.37 Å². The van der Waals surface area contributed by atoms with Gasteiger partial charge in [0.2, 0.25) is 0 Å². The molecule has 0 saturated heterocycles. The van der Waals surface area contributed by atoms with Crippen LogP contribution in [0.3, 0.4) is 0 Å². The molecule has 0 aliphatic rings. The number of aromatic nitrogens is 1. The first kappa shape index (κ1) is 14.0. The SMILES string of the molecule is CC(C)c1nc(COc2ccc(F)cc2CO)cs1. The maximum atomic E-state index is 13.0. The normalized spacial score (nSPS) is 11.0. The molecule has 5 heteroatoms. The number of aliphatic hydroxyl groups excluding tert-OH is 1. The summed E-state index contributed by atoms with van der Waals surface area (Å²) in [4.78, 5) is 4.45. The van der Waals surface area contributed by atoms with Crippen LogP contribution in [-0.4, -0.2) is 10.1 Å². The van der Waals surface area contributed by atoms with Crippen molar-refractivity contribution in [3.63, 3.8) is 0 Å². The summed E-state index contributed by atoms with van der Waals surface area (Å²) in [5.74, 6) is 0.507. The van der Waals surface area contributed by atoms with E-state index in [1.54, 1.807) is 11.3 Å². The van der Waals surface area contributed by atoms with Gasteiger partial charge in [-0.2, -0.15) is 0 Å². The van der Waals surface area contributed by atoms with Crippen LogP contribution in [0.4, 0.5) is 4.39 Å². The van der Waals surface area contributed by atoms with Crippen LogP contribution >= 0.6 is 11.3 Å². The Morgan fingerprint density at radius 2 is 2.21 bits per heavy atom. The van der Waals surface area contributed by atoms with Crippen LogP contribution in [0, 0.1) is 5.82 Å². The average Bonchev–Trinajstić information content (AvgIpc) is 2.86. The van der Waals surface area contributed by atoms with Crippen molar-refractivity contribution in [3.8, 4) is 5.75 Å². The van der Waals surface area contributed by atoms with Crippen LogP contribution in [0.15, 0.2) is 23.6 Å². The second kappa shape index (κ2) is 6.12. The fourth-order valence-corrected chi connectivity index (χ4v) is 2.44. The second-order valence-corrected chi connectivity index (χ2v) is 5.42. The van der Waals surface area contributed by atoms with Gasteiger partial charge in [0.05, 0.1) is 17.3 Å². The average molecular weight is 281 g/mol. The van der Waals surface area contributed by atoms with Gasteiger partial charge in [-0.05, 0) is 18.2 Å². The zero-order valence-electron chi connectivity index (χ0n) is 10.9. The van der Waals surface area contributed by atoms with E-state index in [0.717, 1.165) is 10.7 Å². The number of thiazole rings is 1. The zero-order valence-corrected chi connectivity index (χ0v) is 11.7. The van der Waals surface area contributed by atoms with Gasteiger partial charge in [0.1, 0.15) is 18.2 Å². The molecule has 0 aliphatic heterocycles. The van der Waals surface area contributed by atoms with E-state index in [9.17, 15) is 4.39 Å². The molecule has 2 aromatic rings. The third-order valence-electron chi connectivity index (χ3n) is 2.63. The van der Waals surface area contributed by atoms with Crippen molar-refractivity contribution >= 4 is 11.3 Å². The van der Waals surface area contributed by atoms with Gasteiger partial charge >= 0.3 is 0 Å². The number of hydrogen-bond acceptors (Lipinski definition) is 4. The topological polar surface area (TPSA) is 42.4 Å². The molecule has 0 radical (unpaired) electrons. The lowest BCUT2D eigenvalue weighted by Gasteiger charge is -2.08. The number of benzene rings is 1. The van der Waals surface area contributed by atoms with Crippen molar-refractivity contribution in [3.05, 3.63) is 45.7 Å². The summed E-state index contributed by atoms with van der Waals surface area (Å²) in [5.41, 5.74) is 1.29. The van der Waals surface area contributed by atoms with Crippen LogP contribution in [0.5, 0.6) is 5.75 Å². The van der Waals surface area contributed by atoms with Crippen molar-refractivity contribution in [2.45, 2.75) is 33.0 Å². The summed E-state index contributed by atoms with van der Waals surface area (Å²) >= 11 is 1.60. The minimum atomic E-state index is -0.382. The van der Waals surface area contributed by atoms with E-state index in [-0.39, 0.29) is 12.4 Å². The first-order valence-corrected chi connectivity index (χ1v) is 6.94. The van der Waals surface area contributed by atoms with E-state index in [4.69, 9.17) is 9.84 Å². The van der Waals surface area contributed by atoms with Crippen molar-refractivity contribution in [2.24, 2.45) is 0 Å². The molecule has 0 atom stereocenters. The molecule has 102 valence electrons. The lowest BCUT2D eigenvalue weighted by molar-refractivity contribution is 0.257. The largest absolute Gasteiger partial charge is 0.487 e. The molecule has 0 amide bonds. The first-order valence-electron chi connectivity index (χ1n) is 6.06. The Bertz CT molecular complexity index is 554. The zero-order chi connectivity index (χ0) is 13.8. The van der Waals surface area contributed by atoms with Gasteiger partial charge in [0.15, 0.2) is 0 Å². The summed E-state index contributed by atoms with van der Waals surface area (Å²) in [6, 6.07) is 4.11. The van der Waals surface area contributed by atoms with Gasteiger partial charge < -0.3 is 9.84 Å². The van der Waals surface area contributed by atoms with E-state index in [2.05, 4.69) is 18.8 Å². The molecule has 1 aromatic carbocycles. The monoisotopic (exact) mass is 281 g/mol. The molecule has 0 saturated carbocycles. The molecular weight excluding hydrogens is 265 g/mol. The molecular formula is C14H16FNO2S. The predicted octanol–water partition coefficient (Wildman–Crippen LogP) is 3.48. The Kier molecular flexibility index (Phi) is 4.50. The number of hydrogen-bond donors (Lipinski definition) is 1. The van der Waals surface area contributed by atoms with Crippen LogP contribution < -0.4 is 4.74 Å². The van der Waals surface area contributed by atoms with E-state index >= 15 is 0 Å². The van der Waals surface area contributed by atoms with Crippen molar-refractivity contribution < 1.29 is 14.2 Å². The highest BCUT2D eigenvalue weighted by Crippen LogP contribution is 2.23. The number of nitrogens with zero attached hydrogens (tertiary/aromatic N) is 1. The standard InChI is InChI=1S/C14H16FNO2S/c1-9(2)14-16-12(8-19-14)7-18-13-4-3-11(15)5-10(13)6-17/h3-5,8-9,17H,6-7H2,1-2H3. The van der Waals surface area contributed by atoms with Crippen molar-refractivity contribution in [2.75, 3.05) is 0 Å². The van der Waals surface area contributed by atoms with Gasteiger partial charge in [-0.1, -0.05) is 13.8 Å². The van der Waals surface area contributed by atoms with Gasteiger partial charge in [0.25, 0.3) is 0 Å². The molecule has 0 bridgehead atoms. The Morgan fingerprint density at radius 3 is 2.84 bits per heavy atom. The molecule has 0 fully saturated rings. The summed E-state index contributed by atoms with van der Waals surface area (Å²) < 4.78 is 18.6. The van der Waals surface area contributed by atoms with E-state index in [1.165, 1.54) is 18.2 Å². The van der Waals surface area contributed by atoms with Crippen LogP contribution in [0.2, 0.25) is 0 Å². The molecule has 0 aliphatic carbocycles. The van der Waals surface area contributed by atoms with Gasteiger partial charge in [-0.3, -0.25) is 0 Å². The molecule has 2 rings (SSSR count). The summed E-state index contributed by atoms with van der Waals surface area (Å²) in [6.07, 6.45) is 0. The van der Waals surface area contributed by atoms with Crippen molar-refractivity contribution in [1.82, 2.24) is 4.98 Å². The maximum absolute atomic E-state index is 13.0. The molecule has 19 heavy (non-hydrogen) atoms. The van der Waals surface area contributed by atoms with Gasteiger partial charge in [-0.15, -0.1) is 11.3 Å². The highest BCUT2D eigenvalue weighted by Gasteiger charge is 2.08. The predicted molar refractivity (Wildman–Crippen MR) is 72.9 cm³/mol. The summed E-state index contributed by atoms with van der Waals surface area (Å²) in [7, 11) is 0. The molecule has 1 N–H and O–H groups in total. The Hall–Kier alpha value is -1.46. The molecule has 0 spiro atoms. The first-order chi connectivity index (χ1) is 9.10. The summed E-state index contributed by atoms with van der Waals surface area (Å²) in [6.45, 7) is 4.25. The fourth-order valence-electron chi connectivity index (χ4n) is 1.62. The minimum absolute atomic E-state index is 0.249. The van der Waals surface area contributed by atoms with E-state index in [0.29, 0.717) is 23.8 Å². The third kappa shape index (κ3) is 3.52. The third-order valence-corrected chi connectivity index (χ3v) is 3.83. The minimum Gasteiger partial charge on any atom is -0.487 e.